The van der Waals surface area contributed by atoms with Crippen molar-refractivity contribution >= 4 is 11.0 Å². The smallest absolute Gasteiger partial charge is 0.212 e. The van der Waals surface area contributed by atoms with E-state index in [1.807, 2.05) is 0 Å². The molecular formula is C19H20FN3O. The Morgan fingerprint density at radius 2 is 1.96 bits per heavy atom. The van der Waals surface area contributed by atoms with Crippen molar-refractivity contribution in [3.8, 4) is 11.1 Å². The molecule has 1 fully saturated rings. The molecule has 3 aromatic heterocycles. The van der Waals surface area contributed by atoms with Gasteiger partial charge in [-0.15, -0.1) is 0 Å². The number of methoxy groups -OCH3 is 1. The second kappa shape index (κ2) is 6.32. The predicted octanol–water partition coefficient (Wildman–Crippen LogP) is 4.44. The predicted molar refractivity (Wildman–Crippen MR) is 91.3 cm³/mol. The molecule has 4 nitrogen and oxygen atoms in total. The number of pyridine rings is 2. The highest BCUT2D eigenvalue weighted by atomic mass is 19.1. The summed E-state index contributed by atoms with van der Waals surface area (Å²) in [6, 6.07) is 5.22. The van der Waals surface area contributed by atoms with Crippen LogP contribution in [-0.2, 0) is 4.74 Å². The number of ether oxygens (including phenoxy) is 1. The molecule has 0 saturated heterocycles. The van der Waals surface area contributed by atoms with Crippen LogP contribution in [0.5, 0.6) is 0 Å². The Morgan fingerprint density at radius 1 is 1.12 bits per heavy atom. The van der Waals surface area contributed by atoms with Crippen molar-refractivity contribution in [1.29, 1.82) is 0 Å². The van der Waals surface area contributed by atoms with Crippen molar-refractivity contribution in [2.75, 3.05) is 7.11 Å². The Balaban J connectivity index is 1.77. The molecule has 3 heterocycles. The van der Waals surface area contributed by atoms with Gasteiger partial charge in [0.25, 0.3) is 0 Å². The maximum Gasteiger partial charge on any atom is 0.212 e. The molecular weight excluding hydrogens is 305 g/mol. The Labute approximate surface area is 140 Å². The number of nitrogens with one attached hydrogen (secondary N) is 1. The van der Waals surface area contributed by atoms with Crippen LogP contribution in [0, 0.1) is 5.95 Å². The number of hydrogen-bond donors (Lipinski definition) is 1. The molecule has 0 amide bonds. The summed E-state index contributed by atoms with van der Waals surface area (Å²) in [5.41, 5.74) is 3.95. The zero-order chi connectivity index (χ0) is 16.5. The molecule has 0 aliphatic heterocycles. The number of aromatic nitrogens is 3. The van der Waals surface area contributed by atoms with E-state index in [9.17, 15) is 4.39 Å². The minimum Gasteiger partial charge on any atom is -0.381 e. The first-order chi connectivity index (χ1) is 11.8. The van der Waals surface area contributed by atoms with Crippen molar-refractivity contribution in [3.05, 3.63) is 48.3 Å². The van der Waals surface area contributed by atoms with Gasteiger partial charge in [0.05, 0.1) is 6.10 Å². The van der Waals surface area contributed by atoms with Gasteiger partial charge in [-0.2, -0.15) is 4.39 Å². The lowest BCUT2D eigenvalue weighted by molar-refractivity contribution is 0.0527. The minimum atomic E-state index is -0.472. The van der Waals surface area contributed by atoms with Crippen LogP contribution >= 0.6 is 0 Å². The van der Waals surface area contributed by atoms with Crippen LogP contribution in [-0.4, -0.2) is 28.2 Å². The highest BCUT2D eigenvalue weighted by Gasteiger charge is 2.28. The highest BCUT2D eigenvalue weighted by molar-refractivity contribution is 5.85. The number of halogens is 1. The lowest BCUT2D eigenvalue weighted by Gasteiger charge is -2.30. The standard InChI is InChI=1S/C19H20FN3O/c1-24-17-5-3-2-4-14(17)16-11-23-19-15(16)8-13(10-22-19)12-6-7-18(20)21-9-12/h6-11,14,17H,2-5H2,1H3,(H,22,23)/t14-,17?/m0/s1. The fourth-order valence-corrected chi connectivity index (χ4v) is 3.77. The van der Waals surface area contributed by atoms with Crippen LogP contribution in [0.4, 0.5) is 4.39 Å². The van der Waals surface area contributed by atoms with Crippen LogP contribution in [0.3, 0.4) is 0 Å². The Kier molecular flexibility index (Phi) is 4.02. The lowest BCUT2D eigenvalue weighted by atomic mass is 9.81. The van der Waals surface area contributed by atoms with E-state index < -0.39 is 5.95 Å². The Morgan fingerprint density at radius 3 is 2.75 bits per heavy atom. The third kappa shape index (κ3) is 2.69. The van der Waals surface area contributed by atoms with Crippen molar-refractivity contribution in [2.24, 2.45) is 0 Å². The summed E-state index contributed by atoms with van der Waals surface area (Å²) in [6.07, 6.45) is 10.3. The molecule has 0 aromatic carbocycles. The molecule has 1 saturated carbocycles. The molecule has 0 bridgehead atoms. The van der Waals surface area contributed by atoms with Gasteiger partial charge in [-0.25, -0.2) is 9.97 Å². The van der Waals surface area contributed by atoms with Gasteiger partial charge in [0, 0.05) is 48.1 Å². The van der Waals surface area contributed by atoms with E-state index >= 15 is 0 Å². The number of hydrogen-bond acceptors (Lipinski definition) is 3. The maximum atomic E-state index is 13.0. The molecule has 0 radical (unpaired) electrons. The van der Waals surface area contributed by atoms with Crippen molar-refractivity contribution in [2.45, 2.75) is 37.7 Å². The Bertz CT molecular complexity index is 843. The van der Waals surface area contributed by atoms with Crippen molar-refractivity contribution in [1.82, 2.24) is 15.0 Å². The summed E-state index contributed by atoms with van der Waals surface area (Å²) in [5, 5.41) is 1.12. The molecule has 1 N–H and O–H groups in total. The zero-order valence-electron chi connectivity index (χ0n) is 13.6. The van der Waals surface area contributed by atoms with Gasteiger partial charge in [0.15, 0.2) is 0 Å². The molecule has 3 aromatic rings. The maximum absolute atomic E-state index is 13.0. The molecule has 1 aliphatic carbocycles. The molecule has 2 atom stereocenters. The summed E-state index contributed by atoms with van der Waals surface area (Å²) < 4.78 is 18.8. The third-order valence-corrected chi connectivity index (χ3v) is 5.03. The number of aromatic amines is 1. The fourth-order valence-electron chi connectivity index (χ4n) is 3.77. The zero-order valence-corrected chi connectivity index (χ0v) is 13.6. The van der Waals surface area contributed by atoms with Crippen LogP contribution in [0.15, 0.2) is 36.8 Å². The summed E-state index contributed by atoms with van der Waals surface area (Å²) in [6.45, 7) is 0. The van der Waals surface area contributed by atoms with Crippen LogP contribution in [0.1, 0.15) is 37.2 Å². The van der Waals surface area contributed by atoms with Gasteiger partial charge >= 0.3 is 0 Å². The van der Waals surface area contributed by atoms with Gasteiger partial charge in [0.2, 0.25) is 5.95 Å². The summed E-state index contributed by atoms with van der Waals surface area (Å²) in [4.78, 5) is 11.5. The first-order valence-electron chi connectivity index (χ1n) is 8.38. The average molecular weight is 325 g/mol. The van der Waals surface area contributed by atoms with Gasteiger partial charge in [-0.1, -0.05) is 12.8 Å². The summed E-state index contributed by atoms with van der Waals surface area (Å²) in [7, 11) is 1.80. The average Bonchev–Trinajstić information content (AvgIpc) is 3.05. The number of rotatable bonds is 3. The fraction of sp³-hybridized carbons (Fsp3) is 0.368. The van der Waals surface area contributed by atoms with Crippen LogP contribution in [0.2, 0.25) is 0 Å². The second-order valence-corrected chi connectivity index (χ2v) is 6.40. The van der Waals surface area contributed by atoms with Crippen LogP contribution in [0.25, 0.3) is 22.2 Å². The summed E-state index contributed by atoms with van der Waals surface area (Å²) >= 11 is 0. The second-order valence-electron chi connectivity index (χ2n) is 6.40. The van der Waals surface area contributed by atoms with Gasteiger partial charge in [-0.3, -0.25) is 0 Å². The molecule has 124 valence electrons. The molecule has 5 heteroatoms. The topological polar surface area (TPSA) is 50.8 Å². The summed E-state index contributed by atoms with van der Waals surface area (Å²) in [5.74, 6) is -0.0823. The van der Waals surface area contributed by atoms with E-state index in [1.165, 1.54) is 24.5 Å². The molecule has 0 spiro atoms. The Hall–Kier alpha value is -2.27. The normalized spacial score (nSPS) is 21.2. The quantitative estimate of drug-likeness (QED) is 0.724. The van der Waals surface area contributed by atoms with Crippen molar-refractivity contribution < 1.29 is 9.13 Å². The van der Waals surface area contributed by atoms with Gasteiger partial charge < -0.3 is 9.72 Å². The van der Waals surface area contributed by atoms with E-state index in [1.54, 1.807) is 25.6 Å². The monoisotopic (exact) mass is 325 g/mol. The van der Waals surface area contributed by atoms with E-state index in [-0.39, 0.29) is 6.10 Å². The first-order valence-corrected chi connectivity index (χ1v) is 8.38. The van der Waals surface area contributed by atoms with Gasteiger partial charge in [-0.05, 0) is 36.6 Å². The van der Waals surface area contributed by atoms with E-state index in [0.717, 1.165) is 35.0 Å². The lowest BCUT2D eigenvalue weighted by Crippen LogP contribution is -2.24. The SMILES string of the molecule is COC1CCCC[C@H]1c1c[nH]c2ncc(-c3ccc(F)nc3)cc12. The molecule has 4 rings (SSSR count). The van der Waals surface area contributed by atoms with Gasteiger partial charge in [0.1, 0.15) is 5.65 Å². The third-order valence-electron chi connectivity index (χ3n) is 5.03. The van der Waals surface area contributed by atoms with E-state index in [2.05, 4.69) is 27.2 Å². The minimum absolute atomic E-state index is 0.258. The van der Waals surface area contributed by atoms with Crippen LogP contribution < -0.4 is 0 Å². The number of fused-ring (bicyclic) bond motifs is 1. The molecule has 24 heavy (non-hydrogen) atoms. The first kappa shape index (κ1) is 15.3. The molecule has 1 unspecified atom stereocenters. The van der Waals surface area contributed by atoms with E-state index in [4.69, 9.17) is 4.74 Å². The number of H-pyrrole nitrogens is 1. The van der Waals surface area contributed by atoms with E-state index in [0.29, 0.717) is 5.92 Å². The largest absolute Gasteiger partial charge is 0.381 e. The highest BCUT2D eigenvalue weighted by Crippen LogP contribution is 2.38. The molecule has 1 aliphatic rings. The van der Waals surface area contributed by atoms with Crippen molar-refractivity contribution in [3.63, 3.8) is 0 Å². The number of nitrogens with zero attached hydrogens (tertiary/aromatic N) is 2.